The van der Waals surface area contributed by atoms with Gasteiger partial charge in [0.05, 0.1) is 12.4 Å². The molecule has 20 heavy (non-hydrogen) atoms. The summed E-state index contributed by atoms with van der Waals surface area (Å²) in [5.41, 5.74) is 0.229. The molecule has 0 saturated carbocycles. The normalized spacial score (nSPS) is 10.2. The Morgan fingerprint density at radius 3 is 2.70 bits per heavy atom. The van der Waals surface area contributed by atoms with Crippen LogP contribution in [0.2, 0.25) is 0 Å². The van der Waals surface area contributed by atoms with Crippen LogP contribution in [0.15, 0.2) is 12.4 Å². The van der Waals surface area contributed by atoms with Crippen molar-refractivity contribution in [1.82, 2.24) is 20.6 Å². The highest BCUT2D eigenvalue weighted by molar-refractivity contribution is 5.92. The van der Waals surface area contributed by atoms with Gasteiger partial charge >= 0.3 is 0 Å². The molecular formula is C13H21N5O2. The van der Waals surface area contributed by atoms with E-state index in [1.54, 1.807) is 6.20 Å². The lowest BCUT2D eigenvalue weighted by molar-refractivity contribution is -0.121. The maximum absolute atomic E-state index is 11.8. The van der Waals surface area contributed by atoms with Crippen LogP contribution >= 0.6 is 0 Å². The summed E-state index contributed by atoms with van der Waals surface area (Å²) in [6.07, 6.45) is 3.19. The number of hydrogen-bond donors (Lipinski definition) is 3. The van der Waals surface area contributed by atoms with Gasteiger partial charge < -0.3 is 16.0 Å². The molecule has 1 rings (SSSR count). The molecular weight excluding hydrogens is 258 g/mol. The Bertz CT molecular complexity index is 462. The van der Waals surface area contributed by atoms with Crippen molar-refractivity contribution in [1.29, 1.82) is 0 Å². The first kappa shape index (κ1) is 15.9. The van der Waals surface area contributed by atoms with Gasteiger partial charge in [-0.2, -0.15) is 0 Å². The lowest BCUT2D eigenvalue weighted by Gasteiger charge is -2.09. The topological polar surface area (TPSA) is 96.0 Å². The predicted molar refractivity (Wildman–Crippen MR) is 76.4 cm³/mol. The second-order valence-electron chi connectivity index (χ2n) is 4.55. The van der Waals surface area contributed by atoms with Crippen LogP contribution in [0.25, 0.3) is 0 Å². The van der Waals surface area contributed by atoms with Crippen LogP contribution in [0.1, 0.15) is 37.7 Å². The third-order valence-corrected chi connectivity index (χ3v) is 2.31. The van der Waals surface area contributed by atoms with Crippen LogP contribution in [-0.2, 0) is 4.79 Å². The average Bonchev–Trinajstić information content (AvgIpc) is 2.38. The van der Waals surface area contributed by atoms with Crippen molar-refractivity contribution in [2.75, 3.05) is 18.4 Å². The van der Waals surface area contributed by atoms with Gasteiger partial charge in [0.1, 0.15) is 11.5 Å². The minimum Gasteiger partial charge on any atom is -0.369 e. The van der Waals surface area contributed by atoms with Crippen molar-refractivity contribution in [2.24, 2.45) is 0 Å². The van der Waals surface area contributed by atoms with Crippen LogP contribution in [0, 0.1) is 0 Å². The molecule has 1 aromatic rings. The predicted octanol–water partition coefficient (Wildman–Crippen LogP) is 0.553. The fourth-order valence-corrected chi connectivity index (χ4v) is 1.52. The van der Waals surface area contributed by atoms with E-state index in [1.165, 1.54) is 6.20 Å². The van der Waals surface area contributed by atoms with Crippen molar-refractivity contribution in [3.63, 3.8) is 0 Å². The number of anilines is 1. The summed E-state index contributed by atoms with van der Waals surface area (Å²) in [5, 5.41) is 8.38. The standard InChI is InChI=1S/C13H21N5O2/c1-4-15-11-8-14-7-10(18-11)13(20)16-6-5-12(19)17-9(2)3/h7-9H,4-6H2,1-3H3,(H,15,18)(H,16,20)(H,17,19). The second-order valence-corrected chi connectivity index (χ2v) is 4.55. The molecule has 0 radical (unpaired) electrons. The molecule has 0 bridgehead atoms. The Balaban J connectivity index is 2.43. The summed E-state index contributed by atoms with van der Waals surface area (Å²) in [7, 11) is 0. The molecule has 0 saturated heterocycles. The average molecular weight is 279 g/mol. The molecule has 0 fully saturated rings. The van der Waals surface area contributed by atoms with E-state index in [9.17, 15) is 9.59 Å². The molecule has 1 aromatic heterocycles. The largest absolute Gasteiger partial charge is 0.369 e. The van der Waals surface area contributed by atoms with Gasteiger partial charge in [0, 0.05) is 25.6 Å². The molecule has 3 N–H and O–H groups in total. The summed E-state index contributed by atoms with van der Waals surface area (Å²) in [4.78, 5) is 31.3. The van der Waals surface area contributed by atoms with E-state index in [2.05, 4.69) is 25.9 Å². The van der Waals surface area contributed by atoms with E-state index in [0.29, 0.717) is 12.4 Å². The molecule has 0 aliphatic heterocycles. The molecule has 0 aliphatic carbocycles. The molecule has 0 unspecified atom stereocenters. The van der Waals surface area contributed by atoms with E-state index in [-0.39, 0.29) is 36.5 Å². The van der Waals surface area contributed by atoms with Gasteiger partial charge in [-0.05, 0) is 20.8 Å². The maximum Gasteiger partial charge on any atom is 0.271 e. The zero-order chi connectivity index (χ0) is 15.0. The van der Waals surface area contributed by atoms with Crippen molar-refractivity contribution in [2.45, 2.75) is 33.2 Å². The van der Waals surface area contributed by atoms with E-state index < -0.39 is 0 Å². The Kier molecular flexibility index (Phi) is 6.42. The monoisotopic (exact) mass is 279 g/mol. The number of rotatable bonds is 7. The number of aromatic nitrogens is 2. The quantitative estimate of drug-likeness (QED) is 0.677. The minimum absolute atomic E-state index is 0.0900. The maximum atomic E-state index is 11.8. The summed E-state index contributed by atoms with van der Waals surface area (Å²) in [6.45, 7) is 6.68. The molecule has 0 spiro atoms. The van der Waals surface area contributed by atoms with Crippen molar-refractivity contribution in [3.05, 3.63) is 18.1 Å². The van der Waals surface area contributed by atoms with Crippen LogP contribution < -0.4 is 16.0 Å². The van der Waals surface area contributed by atoms with Crippen LogP contribution in [0.4, 0.5) is 5.82 Å². The lowest BCUT2D eigenvalue weighted by Crippen LogP contribution is -2.34. The van der Waals surface area contributed by atoms with Gasteiger partial charge in [0.15, 0.2) is 0 Å². The molecule has 0 aromatic carbocycles. The van der Waals surface area contributed by atoms with E-state index in [0.717, 1.165) is 0 Å². The first-order chi connectivity index (χ1) is 9.52. The van der Waals surface area contributed by atoms with Gasteiger partial charge in [0.2, 0.25) is 5.91 Å². The van der Waals surface area contributed by atoms with Crippen LogP contribution in [-0.4, -0.2) is 40.9 Å². The van der Waals surface area contributed by atoms with Gasteiger partial charge in [-0.1, -0.05) is 0 Å². The third kappa shape index (κ3) is 5.64. The molecule has 110 valence electrons. The fourth-order valence-electron chi connectivity index (χ4n) is 1.52. The number of hydrogen-bond acceptors (Lipinski definition) is 5. The number of nitrogens with one attached hydrogen (secondary N) is 3. The van der Waals surface area contributed by atoms with E-state index in [1.807, 2.05) is 20.8 Å². The third-order valence-electron chi connectivity index (χ3n) is 2.31. The summed E-state index contributed by atoms with van der Waals surface area (Å²) >= 11 is 0. The number of carbonyl (C=O) groups excluding carboxylic acids is 2. The zero-order valence-electron chi connectivity index (χ0n) is 12.1. The van der Waals surface area contributed by atoms with Crippen LogP contribution in [0.5, 0.6) is 0 Å². The van der Waals surface area contributed by atoms with E-state index >= 15 is 0 Å². The van der Waals surface area contributed by atoms with Crippen molar-refractivity contribution in [3.8, 4) is 0 Å². The molecule has 7 nitrogen and oxygen atoms in total. The Morgan fingerprint density at radius 1 is 1.30 bits per heavy atom. The first-order valence-electron chi connectivity index (χ1n) is 6.66. The molecule has 7 heteroatoms. The van der Waals surface area contributed by atoms with E-state index in [4.69, 9.17) is 0 Å². The zero-order valence-corrected chi connectivity index (χ0v) is 12.1. The summed E-state index contributed by atoms with van der Waals surface area (Å²) in [5.74, 6) is 0.125. The molecule has 1 heterocycles. The van der Waals surface area contributed by atoms with Gasteiger partial charge in [0.25, 0.3) is 5.91 Å². The summed E-state index contributed by atoms with van der Waals surface area (Å²) < 4.78 is 0. The van der Waals surface area contributed by atoms with Crippen molar-refractivity contribution >= 4 is 17.6 Å². The lowest BCUT2D eigenvalue weighted by atomic mass is 10.3. The van der Waals surface area contributed by atoms with Gasteiger partial charge in [-0.15, -0.1) is 0 Å². The highest BCUT2D eigenvalue weighted by Crippen LogP contribution is 2.01. The van der Waals surface area contributed by atoms with Gasteiger partial charge in [-0.3, -0.25) is 14.6 Å². The number of nitrogens with zero attached hydrogens (tertiary/aromatic N) is 2. The molecule has 2 amide bonds. The van der Waals surface area contributed by atoms with Gasteiger partial charge in [-0.25, -0.2) is 4.98 Å². The van der Waals surface area contributed by atoms with Crippen molar-refractivity contribution < 1.29 is 9.59 Å². The highest BCUT2D eigenvalue weighted by atomic mass is 16.2. The highest BCUT2D eigenvalue weighted by Gasteiger charge is 2.09. The molecule has 0 atom stereocenters. The fraction of sp³-hybridized carbons (Fsp3) is 0.538. The molecule has 0 aliphatic rings. The van der Waals surface area contributed by atoms with Crippen LogP contribution in [0.3, 0.4) is 0 Å². The number of carbonyl (C=O) groups is 2. The Hall–Kier alpha value is -2.18. The minimum atomic E-state index is -0.338. The Labute approximate surface area is 118 Å². The summed E-state index contributed by atoms with van der Waals surface area (Å²) in [6, 6.07) is 0.0980. The number of amides is 2. The first-order valence-corrected chi connectivity index (χ1v) is 6.66. The Morgan fingerprint density at radius 2 is 2.05 bits per heavy atom. The second kappa shape index (κ2) is 8.08. The smallest absolute Gasteiger partial charge is 0.271 e. The SMILES string of the molecule is CCNc1cncc(C(=O)NCCC(=O)NC(C)C)n1.